The van der Waals surface area contributed by atoms with Gasteiger partial charge in [-0.2, -0.15) is 0 Å². The van der Waals surface area contributed by atoms with E-state index in [0.717, 1.165) is 25.7 Å². The highest BCUT2D eigenvalue weighted by Gasteiger charge is 2.22. The monoisotopic (exact) mass is 414 g/mol. The average molecular weight is 415 g/mol. The van der Waals surface area contributed by atoms with Crippen molar-refractivity contribution in [1.82, 2.24) is 0 Å². The number of esters is 1. The lowest BCUT2D eigenvalue weighted by atomic mass is 10.00. The molecule has 29 heavy (non-hydrogen) atoms. The van der Waals surface area contributed by atoms with E-state index in [-0.39, 0.29) is 5.91 Å². The summed E-state index contributed by atoms with van der Waals surface area (Å²) in [4.78, 5) is 37.8. The Morgan fingerprint density at radius 1 is 0.966 bits per heavy atom. The van der Waals surface area contributed by atoms with Gasteiger partial charge in [0, 0.05) is 23.2 Å². The van der Waals surface area contributed by atoms with Crippen molar-refractivity contribution in [2.75, 3.05) is 10.6 Å². The summed E-state index contributed by atoms with van der Waals surface area (Å²) in [7, 11) is 0. The van der Waals surface area contributed by atoms with Crippen LogP contribution in [0.5, 0.6) is 0 Å². The van der Waals surface area contributed by atoms with Crippen molar-refractivity contribution in [3.05, 3.63) is 45.6 Å². The van der Waals surface area contributed by atoms with Crippen molar-refractivity contribution in [1.29, 1.82) is 0 Å². The maximum absolute atomic E-state index is 12.5. The highest BCUT2D eigenvalue weighted by molar-refractivity contribution is 7.14. The molecule has 0 aliphatic heterocycles. The van der Waals surface area contributed by atoms with Crippen molar-refractivity contribution in [3.63, 3.8) is 0 Å². The van der Waals surface area contributed by atoms with Gasteiger partial charge < -0.3 is 15.4 Å². The molecule has 0 saturated carbocycles. The molecule has 0 bridgehead atoms. The maximum Gasteiger partial charge on any atom is 0.349 e. The molecule has 0 fully saturated rings. The molecule has 0 spiro atoms. The Morgan fingerprint density at radius 2 is 1.59 bits per heavy atom. The van der Waals surface area contributed by atoms with Crippen LogP contribution in [0.25, 0.3) is 0 Å². The second kappa shape index (κ2) is 9.69. The van der Waals surface area contributed by atoms with Gasteiger partial charge in [0.05, 0.1) is 0 Å². The highest BCUT2D eigenvalue weighted by atomic mass is 32.1. The molecule has 1 aliphatic rings. The van der Waals surface area contributed by atoms with Crippen molar-refractivity contribution in [2.45, 2.75) is 58.5 Å². The molecule has 1 aromatic heterocycles. The van der Waals surface area contributed by atoms with Gasteiger partial charge in [0.25, 0.3) is 5.91 Å². The van der Waals surface area contributed by atoms with E-state index >= 15 is 0 Å². The fourth-order valence-electron chi connectivity index (χ4n) is 3.30. The lowest BCUT2D eigenvalue weighted by Crippen LogP contribution is -2.29. The number of nitrogens with one attached hydrogen (secondary N) is 2. The number of benzene rings is 1. The van der Waals surface area contributed by atoms with Crippen LogP contribution in [0.3, 0.4) is 0 Å². The summed E-state index contributed by atoms with van der Waals surface area (Å²) in [6, 6.07) is 8.66. The van der Waals surface area contributed by atoms with E-state index < -0.39 is 18.0 Å². The highest BCUT2D eigenvalue weighted by Crippen LogP contribution is 2.29. The van der Waals surface area contributed by atoms with Gasteiger partial charge in [-0.3, -0.25) is 9.59 Å². The molecule has 7 heteroatoms. The number of carbonyl (C=O) groups excluding carboxylic acids is 3. The van der Waals surface area contributed by atoms with Gasteiger partial charge in [-0.15, -0.1) is 11.3 Å². The Kier molecular flexibility index (Phi) is 7.04. The number of hydrogen-bond acceptors (Lipinski definition) is 5. The van der Waals surface area contributed by atoms with Crippen molar-refractivity contribution < 1.29 is 19.1 Å². The van der Waals surface area contributed by atoms with Crippen LogP contribution in [0.15, 0.2) is 30.3 Å². The fraction of sp³-hybridized carbons (Fsp3) is 0.409. The molecule has 2 aromatic rings. The summed E-state index contributed by atoms with van der Waals surface area (Å²) < 4.78 is 5.39. The Balaban J connectivity index is 1.57. The molecule has 0 radical (unpaired) electrons. The second-order valence-electron chi connectivity index (χ2n) is 7.27. The van der Waals surface area contributed by atoms with Crippen molar-refractivity contribution in [2.24, 2.45) is 0 Å². The number of aryl methyl sites for hydroxylation is 2. The van der Waals surface area contributed by atoms with Gasteiger partial charge in [-0.05, 0) is 68.5 Å². The van der Waals surface area contributed by atoms with E-state index in [2.05, 4.69) is 10.6 Å². The number of carbonyl (C=O) groups is 3. The largest absolute Gasteiger partial charge is 0.448 e. The lowest BCUT2D eigenvalue weighted by molar-refractivity contribution is -0.123. The first kappa shape index (κ1) is 21.0. The molecule has 0 saturated heterocycles. The number of rotatable bonds is 5. The fourth-order valence-corrected chi connectivity index (χ4v) is 4.44. The summed E-state index contributed by atoms with van der Waals surface area (Å²) in [5.41, 5.74) is 2.45. The molecule has 3 rings (SSSR count). The smallest absolute Gasteiger partial charge is 0.349 e. The van der Waals surface area contributed by atoms with Crippen LogP contribution < -0.4 is 10.6 Å². The minimum Gasteiger partial charge on any atom is -0.448 e. The molecular formula is C22H26N2O4S. The molecule has 1 heterocycles. The van der Waals surface area contributed by atoms with E-state index in [4.69, 9.17) is 4.74 Å². The number of fused-ring (bicyclic) bond motifs is 1. The zero-order valence-corrected chi connectivity index (χ0v) is 17.6. The van der Waals surface area contributed by atoms with Gasteiger partial charge >= 0.3 is 5.97 Å². The lowest BCUT2D eigenvalue weighted by Gasteiger charge is -2.13. The zero-order chi connectivity index (χ0) is 20.8. The van der Waals surface area contributed by atoms with Crippen LogP contribution in [0, 0.1) is 0 Å². The summed E-state index contributed by atoms with van der Waals surface area (Å²) in [5, 5.41) is 5.38. The normalized spacial score (nSPS) is 14.7. The number of amides is 2. The second-order valence-corrected chi connectivity index (χ2v) is 8.41. The molecular weight excluding hydrogens is 388 g/mol. The van der Waals surface area contributed by atoms with Gasteiger partial charge in [0.2, 0.25) is 5.91 Å². The van der Waals surface area contributed by atoms with Gasteiger partial charge in [-0.25, -0.2) is 4.79 Å². The van der Waals surface area contributed by atoms with Gasteiger partial charge in [0.1, 0.15) is 4.88 Å². The van der Waals surface area contributed by atoms with E-state index in [1.54, 1.807) is 31.2 Å². The Bertz CT molecular complexity index is 863. The van der Waals surface area contributed by atoms with E-state index in [0.29, 0.717) is 16.3 Å². The van der Waals surface area contributed by atoms with Gasteiger partial charge in [0.15, 0.2) is 6.10 Å². The SMILES string of the molecule is CC(=O)Nc1ccc(NC(=O)[C@H](C)OC(=O)c2cc3c(s2)CCCCCC3)cc1. The van der Waals surface area contributed by atoms with Crippen LogP contribution in [-0.2, 0) is 27.2 Å². The number of ether oxygens (including phenoxy) is 1. The Labute approximate surface area is 174 Å². The third-order valence-corrected chi connectivity index (χ3v) is 6.04. The molecule has 1 atom stereocenters. The first-order valence-corrected chi connectivity index (χ1v) is 10.7. The predicted molar refractivity (Wildman–Crippen MR) is 114 cm³/mol. The molecule has 1 aromatic carbocycles. The molecule has 2 amide bonds. The minimum atomic E-state index is -0.915. The summed E-state index contributed by atoms with van der Waals surface area (Å²) >= 11 is 1.49. The summed E-state index contributed by atoms with van der Waals surface area (Å²) in [6.07, 6.45) is 5.88. The molecule has 154 valence electrons. The predicted octanol–water partition coefficient (Wildman–Crippen LogP) is 4.55. The molecule has 0 unspecified atom stereocenters. The van der Waals surface area contributed by atoms with Crippen LogP contribution >= 0.6 is 11.3 Å². The summed E-state index contributed by atoms with van der Waals surface area (Å²) in [6.45, 7) is 2.99. The minimum absolute atomic E-state index is 0.163. The maximum atomic E-state index is 12.5. The summed E-state index contributed by atoms with van der Waals surface area (Å²) in [5.74, 6) is -1.02. The third kappa shape index (κ3) is 5.90. The topological polar surface area (TPSA) is 84.5 Å². The Hall–Kier alpha value is -2.67. The van der Waals surface area contributed by atoms with E-state index in [1.165, 1.54) is 41.5 Å². The van der Waals surface area contributed by atoms with Crippen molar-refractivity contribution in [3.8, 4) is 0 Å². The molecule has 2 N–H and O–H groups in total. The third-order valence-electron chi connectivity index (χ3n) is 4.82. The molecule has 1 aliphatic carbocycles. The Morgan fingerprint density at radius 3 is 2.24 bits per heavy atom. The quantitative estimate of drug-likeness (QED) is 0.703. The average Bonchev–Trinajstić information content (AvgIpc) is 3.05. The van der Waals surface area contributed by atoms with Crippen LogP contribution in [-0.4, -0.2) is 23.9 Å². The first-order chi connectivity index (χ1) is 13.9. The number of hydrogen-bond donors (Lipinski definition) is 2. The van der Waals surface area contributed by atoms with Crippen LogP contribution in [0.2, 0.25) is 0 Å². The van der Waals surface area contributed by atoms with E-state index in [1.807, 2.05) is 6.07 Å². The van der Waals surface area contributed by atoms with Gasteiger partial charge in [-0.1, -0.05) is 12.8 Å². The first-order valence-electron chi connectivity index (χ1n) is 9.93. The van der Waals surface area contributed by atoms with E-state index in [9.17, 15) is 14.4 Å². The standard InChI is InChI=1S/C22H26N2O4S/c1-14(21(26)24-18-11-9-17(10-12-18)23-15(2)25)28-22(27)20-13-16-7-5-3-4-6-8-19(16)29-20/h9-14H,3-8H2,1-2H3,(H,23,25)(H,24,26)/t14-/m0/s1. The van der Waals surface area contributed by atoms with Crippen LogP contribution in [0.1, 0.15) is 59.6 Å². The number of thiophene rings is 1. The van der Waals surface area contributed by atoms with Crippen molar-refractivity contribution >= 4 is 40.5 Å². The zero-order valence-electron chi connectivity index (χ0n) is 16.7. The van der Waals surface area contributed by atoms with Crippen LogP contribution in [0.4, 0.5) is 11.4 Å². The number of anilines is 2. The molecule has 6 nitrogen and oxygen atoms in total.